The van der Waals surface area contributed by atoms with Crippen LogP contribution in [0.3, 0.4) is 0 Å². The molecule has 0 unspecified atom stereocenters. The van der Waals surface area contributed by atoms with E-state index >= 15 is 0 Å². The summed E-state index contributed by atoms with van der Waals surface area (Å²) in [5.41, 5.74) is 0. The summed E-state index contributed by atoms with van der Waals surface area (Å²) in [5.74, 6) is -0.0166. The third kappa shape index (κ3) is 3.46. The molecular formula is C14H20N4OS. The second kappa shape index (κ2) is 6.67. The average Bonchev–Trinajstić information content (AvgIpc) is 3.10. The van der Waals surface area contributed by atoms with Crippen molar-refractivity contribution < 1.29 is 4.79 Å². The Kier molecular flexibility index (Phi) is 4.92. The minimum Gasteiger partial charge on any atom is -0.352 e. The topological polar surface area (TPSA) is 50.2 Å². The van der Waals surface area contributed by atoms with Gasteiger partial charge in [0.2, 0.25) is 5.91 Å². The molecule has 0 saturated heterocycles. The lowest BCUT2D eigenvalue weighted by Crippen LogP contribution is -2.37. The van der Waals surface area contributed by atoms with Crippen LogP contribution in [0.4, 0.5) is 0 Å². The summed E-state index contributed by atoms with van der Waals surface area (Å²) in [5, 5.41) is 9.16. The SMILES string of the molecule is C[C@H](C(=O)NC[C@@H](c1cccs1)N(C)C)n1cccn1. The van der Waals surface area contributed by atoms with Crippen LogP contribution in [0.1, 0.15) is 23.9 Å². The van der Waals surface area contributed by atoms with Gasteiger partial charge in [0, 0.05) is 23.8 Å². The molecule has 2 atom stereocenters. The summed E-state index contributed by atoms with van der Waals surface area (Å²) in [6, 6.07) is 5.85. The van der Waals surface area contributed by atoms with Crippen LogP contribution in [-0.2, 0) is 4.79 Å². The molecule has 1 amide bonds. The number of aromatic nitrogens is 2. The monoisotopic (exact) mass is 292 g/mol. The van der Waals surface area contributed by atoms with Gasteiger partial charge in [0.05, 0.1) is 6.04 Å². The Morgan fingerprint density at radius 2 is 2.30 bits per heavy atom. The zero-order chi connectivity index (χ0) is 14.5. The number of carbonyl (C=O) groups excluding carboxylic acids is 1. The van der Waals surface area contributed by atoms with Crippen LogP contribution < -0.4 is 5.32 Å². The van der Waals surface area contributed by atoms with Gasteiger partial charge in [-0.05, 0) is 38.5 Å². The molecule has 108 valence electrons. The van der Waals surface area contributed by atoms with Gasteiger partial charge < -0.3 is 10.2 Å². The molecule has 0 radical (unpaired) electrons. The number of nitrogens with one attached hydrogen (secondary N) is 1. The highest BCUT2D eigenvalue weighted by atomic mass is 32.1. The van der Waals surface area contributed by atoms with Crippen LogP contribution >= 0.6 is 11.3 Å². The maximum atomic E-state index is 12.2. The molecule has 0 fully saturated rings. The molecule has 6 heteroatoms. The van der Waals surface area contributed by atoms with Crippen LogP contribution in [0, 0.1) is 0 Å². The number of nitrogens with zero attached hydrogens (tertiary/aromatic N) is 3. The molecule has 0 aromatic carbocycles. The highest BCUT2D eigenvalue weighted by Gasteiger charge is 2.19. The second-order valence-electron chi connectivity index (χ2n) is 4.90. The van der Waals surface area contributed by atoms with Gasteiger partial charge in [0.1, 0.15) is 6.04 Å². The zero-order valence-electron chi connectivity index (χ0n) is 12.0. The van der Waals surface area contributed by atoms with Gasteiger partial charge in [-0.2, -0.15) is 5.10 Å². The molecule has 1 N–H and O–H groups in total. The van der Waals surface area contributed by atoms with E-state index in [1.54, 1.807) is 28.4 Å². The fourth-order valence-corrected chi connectivity index (χ4v) is 2.92. The molecule has 0 bridgehead atoms. The first kappa shape index (κ1) is 14.7. The molecule has 0 aliphatic carbocycles. The Hall–Kier alpha value is -1.66. The molecule has 0 aliphatic heterocycles. The summed E-state index contributed by atoms with van der Waals surface area (Å²) in [6.45, 7) is 2.44. The summed E-state index contributed by atoms with van der Waals surface area (Å²) in [7, 11) is 4.04. The van der Waals surface area contributed by atoms with Gasteiger partial charge in [-0.1, -0.05) is 6.07 Å². The highest BCUT2D eigenvalue weighted by molar-refractivity contribution is 7.10. The van der Waals surface area contributed by atoms with Crippen molar-refractivity contribution in [2.75, 3.05) is 20.6 Å². The van der Waals surface area contributed by atoms with Crippen LogP contribution in [0.25, 0.3) is 0 Å². The van der Waals surface area contributed by atoms with Crippen molar-refractivity contribution in [3.8, 4) is 0 Å². The molecule has 0 spiro atoms. The minimum atomic E-state index is -0.295. The summed E-state index contributed by atoms with van der Waals surface area (Å²) in [6.07, 6.45) is 3.48. The van der Waals surface area contributed by atoms with Crippen molar-refractivity contribution in [2.45, 2.75) is 19.0 Å². The largest absolute Gasteiger partial charge is 0.352 e. The van der Waals surface area contributed by atoms with E-state index in [4.69, 9.17) is 0 Å². The standard InChI is InChI=1S/C14H20N4OS/c1-11(18-8-5-7-16-18)14(19)15-10-12(17(2)3)13-6-4-9-20-13/h4-9,11-12H,10H2,1-3H3,(H,15,19)/t11-,12+/m1/s1. The van der Waals surface area contributed by atoms with E-state index < -0.39 is 0 Å². The van der Waals surface area contributed by atoms with E-state index in [0.717, 1.165) is 0 Å². The fraction of sp³-hybridized carbons (Fsp3) is 0.429. The third-order valence-corrected chi connectivity index (χ3v) is 4.24. The minimum absolute atomic E-state index is 0.0166. The number of amides is 1. The average molecular weight is 292 g/mol. The maximum Gasteiger partial charge on any atom is 0.244 e. The predicted molar refractivity (Wildman–Crippen MR) is 80.7 cm³/mol. The first-order valence-electron chi connectivity index (χ1n) is 6.56. The molecule has 5 nitrogen and oxygen atoms in total. The van der Waals surface area contributed by atoms with Gasteiger partial charge in [0.15, 0.2) is 0 Å². The summed E-state index contributed by atoms with van der Waals surface area (Å²) in [4.78, 5) is 15.5. The number of rotatable bonds is 6. The van der Waals surface area contributed by atoms with E-state index in [9.17, 15) is 4.79 Å². The first-order valence-corrected chi connectivity index (χ1v) is 7.44. The third-order valence-electron chi connectivity index (χ3n) is 3.27. The van der Waals surface area contributed by atoms with Crippen molar-refractivity contribution in [3.63, 3.8) is 0 Å². The first-order chi connectivity index (χ1) is 9.59. The van der Waals surface area contributed by atoms with Crippen LogP contribution in [0.2, 0.25) is 0 Å². The maximum absolute atomic E-state index is 12.2. The van der Waals surface area contributed by atoms with Gasteiger partial charge in [-0.15, -0.1) is 11.3 Å². The molecule has 2 heterocycles. The van der Waals surface area contributed by atoms with Crippen molar-refractivity contribution in [3.05, 3.63) is 40.8 Å². The quantitative estimate of drug-likeness (QED) is 0.885. The number of likely N-dealkylation sites (N-methyl/N-ethyl adjacent to an activating group) is 1. The van der Waals surface area contributed by atoms with Crippen LogP contribution in [0.15, 0.2) is 36.0 Å². The van der Waals surface area contributed by atoms with Crippen molar-refractivity contribution in [1.82, 2.24) is 20.0 Å². The van der Waals surface area contributed by atoms with Gasteiger partial charge in [0.25, 0.3) is 0 Å². The van der Waals surface area contributed by atoms with Gasteiger partial charge >= 0.3 is 0 Å². The Bertz CT molecular complexity index is 521. The van der Waals surface area contributed by atoms with E-state index in [1.165, 1.54) is 4.88 Å². The lowest BCUT2D eigenvalue weighted by atomic mass is 10.2. The highest BCUT2D eigenvalue weighted by Crippen LogP contribution is 2.22. The summed E-state index contributed by atoms with van der Waals surface area (Å²) < 4.78 is 1.66. The van der Waals surface area contributed by atoms with E-state index in [-0.39, 0.29) is 18.0 Å². The smallest absolute Gasteiger partial charge is 0.244 e. The number of hydrogen-bond donors (Lipinski definition) is 1. The zero-order valence-corrected chi connectivity index (χ0v) is 12.8. The molecule has 0 aliphatic rings. The Morgan fingerprint density at radius 3 is 2.85 bits per heavy atom. The Labute approximate surface area is 123 Å². The van der Waals surface area contributed by atoms with Crippen LogP contribution in [-0.4, -0.2) is 41.2 Å². The van der Waals surface area contributed by atoms with E-state index in [0.29, 0.717) is 6.54 Å². The van der Waals surface area contributed by atoms with Gasteiger partial charge in [-0.25, -0.2) is 0 Å². The van der Waals surface area contributed by atoms with Gasteiger partial charge in [-0.3, -0.25) is 9.48 Å². The van der Waals surface area contributed by atoms with Crippen LogP contribution in [0.5, 0.6) is 0 Å². The molecule has 2 rings (SSSR count). The van der Waals surface area contributed by atoms with Crippen molar-refractivity contribution >= 4 is 17.2 Å². The second-order valence-corrected chi connectivity index (χ2v) is 5.88. The van der Waals surface area contributed by atoms with Crippen molar-refractivity contribution in [1.29, 1.82) is 0 Å². The fourth-order valence-electron chi connectivity index (χ4n) is 1.99. The Balaban J connectivity index is 1.94. The molecular weight excluding hydrogens is 272 g/mol. The molecule has 2 aromatic heterocycles. The number of carbonyl (C=O) groups is 1. The lowest BCUT2D eigenvalue weighted by molar-refractivity contribution is -0.124. The van der Waals surface area contributed by atoms with E-state index in [2.05, 4.69) is 26.8 Å². The normalized spacial score (nSPS) is 14.2. The molecule has 20 heavy (non-hydrogen) atoms. The Morgan fingerprint density at radius 1 is 1.50 bits per heavy atom. The van der Waals surface area contributed by atoms with E-state index in [1.807, 2.05) is 33.2 Å². The molecule has 0 saturated carbocycles. The predicted octanol–water partition coefficient (Wildman–Crippen LogP) is 1.92. The molecule has 2 aromatic rings. The number of hydrogen-bond acceptors (Lipinski definition) is 4. The van der Waals surface area contributed by atoms with Crippen molar-refractivity contribution in [2.24, 2.45) is 0 Å². The lowest BCUT2D eigenvalue weighted by Gasteiger charge is -2.24. The summed E-state index contributed by atoms with van der Waals surface area (Å²) >= 11 is 1.71. The number of thiophene rings is 1.